The van der Waals surface area contributed by atoms with Crippen LogP contribution >= 0.6 is 23.2 Å². The lowest BCUT2D eigenvalue weighted by Gasteiger charge is -2.24. The third kappa shape index (κ3) is 4.80. The maximum absolute atomic E-state index is 13.0. The van der Waals surface area contributed by atoms with Crippen LogP contribution in [0.25, 0.3) is 0 Å². The zero-order valence-corrected chi connectivity index (χ0v) is 19.2. The number of nitrogens with zero attached hydrogens (tertiary/aromatic N) is 2. The highest BCUT2D eigenvalue weighted by molar-refractivity contribution is 6.31. The fraction of sp³-hybridized carbons (Fsp3) is 0.391. The van der Waals surface area contributed by atoms with E-state index in [0.717, 1.165) is 29.8 Å². The summed E-state index contributed by atoms with van der Waals surface area (Å²) in [6, 6.07) is 12.7. The van der Waals surface area contributed by atoms with E-state index >= 15 is 0 Å². The molecule has 1 aliphatic rings. The molecule has 1 heterocycles. The number of halogens is 2. The highest BCUT2D eigenvalue weighted by Crippen LogP contribution is 2.42. The maximum atomic E-state index is 13.0. The molecule has 1 aliphatic heterocycles. The van der Waals surface area contributed by atoms with E-state index in [2.05, 4.69) is 10.2 Å². The van der Waals surface area contributed by atoms with Crippen LogP contribution in [0.2, 0.25) is 10.0 Å². The van der Waals surface area contributed by atoms with Crippen LogP contribution in [0.4, 0.5) is 5.69 Å². The van der Waals surface area contributed by atoms with Gasteiger partial charge in [-0.3, -0.25) is 9.59 Å². The van der Waals surface area contributed by atoms with E-state index in [9.17, 15) is 9.59 Å². The summed E-state index contributed by atoms with van der Waals surface area (Å²) in [5.74, 6) is -0.313. The topological polar surface area (TPSA) is 52.7 Å². The van der Waals surface area contributed by atoms with Crippen molar-refractivity contribution < 1.29 is 9.59 Å². The number of fused-ring (bicyclic) bond motifs is 1. The Morgan fingerprint density at radius 2 is 1.73 bits per heavy atom. The van der Waals surface area contributed by atoms with Crippen LogP contribution in [0.1, 0.15) is 37.4 Å². The summed E-state index contributed by atoms with van der Waals surface area (Å²) < 4.78 is 0. The van der Waals surface area contributed by atoms with Crippen molar-refractivity contribution in [1.29, 1.82) is 0 Å². The first-order valence-electron chi connectivity index (χ1n) is 9.91. The van der Waals surface area contributed by atoms with E-state index in [1.165, 1.54) is 0 Å². The number of rotatable bonds is 7. The molecular weight excluding hydrogens is 421 g/mol. The summed E-state index contributed by atoms with van der Waals surface area (Å²) in [4.78, 5) is 29.6. The largest absolute Gasteiger partial charge is 0.348 e. The molecule has 2 aromatic rings. The molecule has 30 heavy (non-hydrogen) atoms. The van der Waals surface area contributed by atoms with Crippen molar-refractivity contribution in [3.63, 3.8) is 0 Å². The molecule has 5 nitrogen and oxygen atoms in total. The van der Waals surface area contributed by atoms with E-state index in [4.69, 9.17) is 23.2 Å². The van der Waals surface area contributed by atoms with Gasteiger partial charge in [0.1, 0.15) is 6.54 Å². The number of amides is 2. The Labute approximate surface area is 187 Å². The highest BCUT2D eigenvalue weighted by Gasteiger charge is 2.44. The van der Waals surface area contributed by atoms with E-state index in [1.54, 1.807) is 23.1 Å². The Morgan fingerprint density at radius 3 is 2.37 bits per heavy atom. The normalized spacial score (nSPS) is 16.0. The molecule has 0 fully saturated rings. The molecule has 1 atom stereocenters. The van der Waals surface area contributed by atoms with Gasteiger partial charge >= 0.3 is 0 Å². The Hall–Kier alpha value is -2.08. The monoisotopic (exact) mass is 447 g/mol. The fourth-order valence-corrected chi connectivity index (χ4v) is 4.05. The Kier molecular flexibility index (Phi) is 6.75. The molecule has 0 spiro atoms. The SMILES string of the molecule is CN(C)CCC(NC(=O)CN1C(=O)C(C)(C)c2cc(Cl)ccc21)c1ccc(Cl)cc1. The third-order valence-electron chi connectivity index (χ3n) is 5.48. The van der Waals surface area contributed by atoms with Crippen LogP contribution < -0.4 is 10.2 Å². The molecule has 0 aromatic heterocycles. The Morgan fingerprint density at radius 1 is 1.10 bits per heavy atom. The molecule has 2 aromatic carbocycles. The van der Waals surface area contributed by atoms with Gasteiger partial charge in [-0.15, -0.1) is 0 Å². The molecule has 2 amide bonds. The second-order valence-corrected chi connectivity index (χ2v) is 9.31. The van der Waals surface area contributed by atoms with Crippen LogP contribution in [-0.2, 0) is 15.0 Å². The van der Waals surface area contributed by atoms with E-state index in [0.29, 0.717) is 10.0 Å². The first-order valence-corrected chi connectivity index (χ1v) is 10.7. The van der Waals surface area contributed by atoms with Gasteiger partial charge in [0.05, 0.1) is 11.5 Å². The molecule has 1 N–H and O–H groups in total. The van der Waals surface area contributed by atoms with Crippen molar-refractivity contribution >= 4 is 40.7 Å². The molecule has 0 aliphatic carbocycles. The molecule has 7 heteroatoms. The van der Waals surface area contributed by atoms with Gasteiger partial charge in [-0.05, 0) is 82.4 Å². The van der Waals surface area contributed by atoms with Gasteiger partial charge < -0.3 is 15.1 Å². The third-order valence-corrected chi connectivity index (χ3v) is 5.96. The molecular formula is C23H27Cl2N3O2. The summed E-state index contributed by atoms with van der Waals surface area (Å²) in [7, 11) is 3.99. The molecule has 1 unspecified atom stereocenters. The Bertz CT molecular complexity index is 942. The summed E-state index contributed by atoms with van der Waals surface area (Å²) in [6.45, 7) is 4.49. The number of hydrogen-bond acceptors (Lipinski definition) is 3. The lowest BCUT2D eigenvalue weighted by Crippen LogP contribution is -2.44. The smallest absolute Gasteiger partial charge is 0.240 e. The van der Waals surface area contributed by atoms with Crippen LogP contribution in [0.15, 0.2) is 42.5 Å². The molecule has 3 rings (SSSR count). The van der Waals surface area contributed by atoms with Gasteiger partial charge in [0.2, 0.25) is 11.8 Å². The lowest BCUT2D eigenvalue weighted by molar-refractivity contribution is -0.126. The van der Waals surface area contributed by atoms with Gasteiger partial charge in [-0.25, -0.2) is 0 Å². The molecule has 0 saturated carbocycles. The summed E-state index contributed by atoms with van der Waals surface area (Å²) in [5.41, 5.74) is 1.84. The summed E-state index contributed by atoms with van der Waals surface area (Å²) in [6.07, 6.45) is 0.742. The van der Waals surface area contributed by atoms with Crippen molar-refractivity contribution in [2.24, 2.45) is 0 Å². The number of carbonyl (C=O) groups excluding carboxylic acids is 2. The van der Waals surface area contributed by atoms with E-state index in [1.807, 2.05) is 52.2 Å². The zero-order chi connectivity index (χ0) is 22.1. The minimum atomic E-state index is -0.721. The van der Waals surface area contributed by atoms with Gasteiger partial charge in [-0.1, -0.05) is 35.3 Å². The lowest BCUT2D eigenvalue weighted by atomic mass is 9.86. The van der Waals surface area contributed by atoms with E-state index in [-0.39, 0.29) is 24.4 Å². The summed E-state index contributed by atoms with van der Waals surface area (Å²) in [5, 5.41) is 4.32. The minimum absolute atomic E-state index is 0.0387. The minimum Gasteiger partial charge on any atom is -0.348 e. The van der Waals surface area contributed by atoms with Gasteiger partial charge in [0.25, 0.3) is 0 Å². The van der Waals surface area contributed by atoms with Crippen LogP contribution in [0, 0.1) is 0 Å². The van der Waals surface area contributed by atoms with Gasteiger partial charge in [0, 0.05) is 15.7 Å². The predicted molar refractivity (Wildman–Crippen MR) is 122 cm³/mol. The van der Waals surface area contributed by atoms with Crippen LogP contribution in [-0.4, -0.2) is 43.9 Å². The quantitative estimate of drug-likeness (QED) is 0.682. The fourth-order valence-electron chi connectivity index (χ4n) is 3.75. The van der Waals surface area contributed by atoms with Crippen LogP contribution in [0.3, 0.4) is 0 Å². The second-order valence-electron chi connectivity index (χ2n) is 8.44. The number of nitrogens with one attached hydrogen (secondary N) is 1. The molecule has 160 valence electrons. The molecule has 0 saturated heterocycles. The van der Waals surface area contributed by atoms with Gasteiger partial charge in [-0.2, -0.15) is 0 Å². The van der Waals surface area contributed by atoms with Gasteiger partial charge in [0.15, 0.2) is 0 Å². The average Bonchev–Trinajstić information content (AvgIpc) is 2.86. The number of hydrogen-bond donors (Lipinski definition) is 1. The number of anilines is 1. The molecule has 0 bridgehead atoms. The Balaban J connectivity index is 1.78. The highest BCUT2D eigenvalue weighted by atomic mass is 35.5. The second kappa shape index (κ2) is 8.96. The maximum Gasteiger partial charge on any atom is 0.240 e. The zero-order valence-electron chi connectivity index (χ0n) is 17.7. The first-order chi connectivity index (χ1) is 14.1. The van der Waals surface area contributed by atoms with Crippen molar-refractivity contribution in [3.05, 3.63) is 63.6 Å². The number of benzene rings is 2. The number of carbonyl (C=O) groups is 2. The molecule has 0 radical (unpaired) electrons. The standard InChI is InChI=1S/C23H27Cl2N3O2/c1-23(2)18-13-17(25)9-10-20(18)28(22(23)30)14-21(29)26-19(11-12-27(3)4)15-5-7-16(24)8-6-15/h5-10,13,19H,11-12,14H2,1-4H3,(H,26,29). The van der Waals surface area contributed by atoms with Crippen LogP contribution in [0.5, 0.6) is 0 Å². The summed E-state index contributed by atoms with van der Waals surface area (Å²) >= 11 is 12.2. The van der Waals surface area contributed by atoms with E-state index < -0.39 is 5.41 Å². The van der Waals surface area contributed by atoms with Crippen molar-refractivity contribution in [2.75, 3.05) is 32.1 Å². The first kappa shape index (κ1) is 22.6. The van der Waals surface area contributed by atoms with Crippen molar-refractivity contribution in [1.82, 2.24) is 10.2 Å². The predicted octanol–water partition coefficient (Wildman–Crippen LogP) is 4.43. The van der Waals surface area contributed by atoms with Crippen molar-refractivity contribution in [2.45, 2.75) is 31.7 Å². The average molecular weight is 448 g/mol. The van der Waals surface area contributed by atoms with Crippen molar-refractivity contribution in [3.8, 4) is 0 Å².